The topological polar surface area (TPSA) is 63.6 Å². The maximum atomic E-state index is 13.7. The minimum absolute atomic E-state index is 0.0655. The molecule has 4 rings (SSSR count). The molecule has 2 aliphatic rings. The molecule has 0 saturated heterocycles. The number of carbonyl (C=O) groups excluding carboxylic acids is 1. The van der Waals surface area contributed by atoms with Crippen molar-refractivity contribution in [2.24, 2.45) is 0 Å². The Bertz CT molecular complexity index is 940. The SMILES string of the molecule is O=C1C=C(P2(=O)Oc3ccccc3-c3ccccc32)C(O)=CC1. The van der Waals surface area contributed by atoms with Crippen LogP contribution < -0.4 is 9.83 Å². The number of hydrogen-bond donors (Lipinski definition) is 1. The predicted molar refractivity (Wildman–Crippen MR) is 88.2 cm³/mol. The van der Waals surface area contributed by atoms with Crippen molar-refractivity contribution < 1.29 is 19.0 Å². The van der Waals surface area contributed by atoms with Crippen molar-refractivity contribution in [3.05, 3.63) is 71.8 Å². The Labute approximate surface area is 133 Å². The largest absolute Gasteiger partial charge is 0.507 e. The molecule has 1 N–H and O–H groups in total. The summed E-state index contributed by atoms with van der Waals surface area (Å²) in [6.07, 6.45) is 2.72. The second kappa shape index (κ2) is 4.97. The van der Waals surface area contributed by atoms with Crippen LogP contribution in [0.5, 0.6) is 5.75 Å². The molecule has 2 aromatic rings. The van der Waals surface area contributed by atoms with Crippen LogP contribution in [0.4, 0.5) is 0 Å². The van der Waals surface area contributed by atoms with Gasteiger partial charge in [0.15, 0.2) is 5.78 Å². The third-order valence-corrected chi connectivity index (χ3v) is 6.47. The van der Waals surface area contributed by atoms with Gasteiger partial charge in [-0.15, -0.1) is 0 Å². The van der Waals surface area contributed by atoms with Gasteiger partial charge in [0.2, 0.25) is 0 Å². The summed E-state index contributed by atoms with van der Waals surface area (Å²) in [5.41, 5.74) is 1.64. The quantitative estimate of drug-likeness (QED) is 0.807. The number of benzene rings is 2. The first-order valence-electron chi connectivity index (χ1n) is 7.23. The molecule has 0 amide bonds. The molecule has 114 valence electrons. The molecule has 2 aromatic carbocycles. The minimum atomic E-state index is -3.58. The highest BCUT2D eigenvalue weighted by Gasteiger charge is 2.42. The Balaban J connectivity index is 2.00. The Kier molecular flexibility index (Phi) is 3.03. The Hall–Kier alpha value is -2.58. The van der Waals surface area contributed by atoms with E-state index in [0.29, 0.717) is 11.1 Å². The molecule has 1 aliphatic carbocycles. The molecular weight excluding hydrogens is 311 g/mol. The van der Waals surface area contributed by atoms with Gasteiger partial charge in [-0.1, -0.05) is 36.4 Å². The number of hydrogen-bond acceptors (Lipinski definition) is 4. The summed E-state index contributed by atoms with van der Waals surface area (Å²) in [5, 5.41) is 10.7. The number of aliphatic hydroxyl groups excluding tert-OH is 1. The zero-order chi connectivity index (χ0) is 16.0. The van der Waals surface area contributed by atoms with Gasteiger partial charge in [0.1, 0.15) is 11.5 Å². The molecule has 0 radical (unpaired) electrons. The first-order chi connectivity index (χ1) is 11.1. The normalized spacial score (nSPS) is 22.3. The van der Waals surface area contributed by atoms with Crippen LogP contribution in [0.2, 0.25) is 0 Å². The average molecular weight is 324 g/mol. The van der Waals surface area contributed by atoms with E-state index in [1.54, 1.807) is 24.3 Å². The van der Waals surface area contributed by atoms with Crippen molar-refractivity contribution >= 4 is 18.5 Å². The fourth-order valence-electron chi connectivity index (χ4n) is 2.92. The molecule has 1 aliphatic heterocycles. The second-order valence-corrected chi connectivity index (χ2v) is 7.69. The summed E-state index contributed by atoms with van der Waals surface area (Å²) in [7, 11) is -3.58. The third-order valence-electron chi connectivity index (χ3n) is 4.00. The predicted octanol–water partition coefficient (Wildman–Crippen LogP) is 3.95. The van der Waals surface area contributed by atoms with E-state index < -0.39 is 7.37 Å². The minimum Gasteiger partial charge on any atom is -0.507 e. The van der Waals surface area contributed by atoms with E-state index in [4.69, 9.17) is 4.52 Å². The first kappa shape index (κ1) is 14.0. The summed E-state index contributed by atoms with van der Waals surface area (Å²) in [6, 6.07) is 14.5. The van der Waals surface area contributed by atoms with Gasteiger partial charge < -0.3 is 9.63 Å². The van der Waals surface area contributed by atoms with Gasteiger partial charge >= 0.3 is 7.37 Å². The number of allylic oxidation sites excluding steroid dienone is 3. The van der Waals surface area contributed by atoms with E-state index in [1.165, 1.54) is 12.2 Å². The molecule has 0 bridgehead atoms. The van der Waals surface area contributed by atoms with Crippen LogP contribution in [0, 0.1) is 0 Å². The summed E-state index contributed by atoms with van der Waals surface area (Å²) >= 11 is 0. The lowest BCUT2D eigenvalue weighted by Gasteiger charge is -2.30. The number of fused-ring (bicyclic) bond motifs is 3. The van der Waals surface area contributed by atoms with E-state index in [-0.39, 0.29) is 23.3 Å². The third kappa shape index (κ3) is 2.07. The highest BCUT2D eigenvalue weighted by molar-refractivity contribution is 7.72. The van der Waals surface area contributed by atoms with Crippen LogP contribution in [0.15, 0.2) is 71.8 Å². The maximum absolute atomic E-state index is 13.7. The van der Waals surface area contributed by atoms with Crippen molar-refractivity contribution in [1.29, 1.82) is 0 Å². The van der Waals surface area contributed by atoms with Gasteiger partial charge in [-0.2, -0.15) is 0 Å². The summed E-state index contributed by atoms with van der Waals surface area (Å²) in [5.74, 6) is 0.135. The molecule has 1 heterocycles. The van der Waals surface area contributed by atoms with Crippen LogP contribution >= 0.6 is 7.37 Å². The molecule has 0 saturated carbocycles. The summed E-state index contributed by atoms with van der Waals surface area (Å²) < 4.78 is 19.5. The Morgan fingerprint density at radius 1 is 1.00 bits per heavy atom. The van der Waals surface area contributed by atoms with Crippen LogP contribution in [0.1, 0.15) is 6.42 Å². The maximum Gasteiger partial charge on any atom is 0.311 e. The van der Waals surface area contributed by atoms with Gasteiger partial charge in [0.25, 0.3) is 0 Å². The molecule has 5 heteroatoms. The van der Waals surface area contributed by atoms with E-state index in [9.17, 15) is 14.5 Å². The fraction of sp³-hybridized carbons (Fsp3) is 0.0556. The van der Waals surface area contributed by atoms with Crippen molar-refractivity contribution in [3.8, 4) is 16.9 Å². The van der Waals surface area contributed by atoms with Crippen LogP contribution in [0.25, 0.3) is 11.1 Å². The lowest BCUT2D eigenvalue weighted by molar-refractivity contribution is -0.114. The van der Waals surface area contributed by atoms with E-state index >= 15 is 0 Å². The number of carbonyl (C=O) groups is 1. The molecule has 0 fully saturated rings. The average Bonchev–Trinajstić information content (AvgIpc) is 2.57. The zero-order valence-corrected chi connectivity index (χ0v) is 13.0. The number of aliphatic hydroxyl groups is 1. The van der Waals surface area contributed by atoms with Crippen LogP contribution in [-0.4, -0.2) is 10.9 Å². The van der Waals surface area contributed by atoms with Crippen molar-refractivity contribution in [1.82, 2.24) is 0 Å². The lowest BCUT2D eigenvalue weighted by atomic mass is 10.0. The van der Waals surface area contributed by atoms with Crippen molar-refractivity contribution in [3.63, 3.8) is 0 Å². The first-order valence-corrected chi connectivity index (χ1v) is 8.85. The number of rotatable bonds is 1. The molecule has 1 atom stereocenters. The van der Waals surface area contributed by atoms with Gasteiger partial charge in [0.05, 0.1) is 10.6 Å². The van der Waals surface area contributed by atoms with Crippen molar-refractivity contribution in [2.45, 2.75) is 6.42 Å². The fourth-order valence-corrected chi connectivity index (χ4v) is 5.31. The van der Waals surface area contributed by atoms with Gasteiger partial charge in [-0.3, -0.25) is 9.36 Å². The van der Waals surface area contributed by atoms with Crippen LogP contribution in [-0.2, 0) is 9.36 Å². The molecular formula is C18H13O4P. The molecule has 1 unspecified atom stereocenters. The highest BCUT2D eigenvalue weighted by atomic mass is 31.2. The Morgan fingerprint density at radius 2 is 1.70 bits per heavy atom. The van der Waals surface area contributed by atoms with Gasteiger partial charge in [-0.05, 0) is 29.8 Å². The molecule has 23 heavy (non-hydrogen) atoms. The molecule has 4 nitrogen and oxygen atoms in total. The van der Waals surface area contributed by atoms with E-state index in [2.05, 4.69) is 0 Å². The highest BCUT2D eigenvalue weighted by Crippen LogP contribution is 2.61. The second-order valence-electron chi connectivity index (χ2n) is 5.45. The van der Waals surface area contributed by atoms with E-state index in [0.717, 1.165) is 11.1 Å². The zero-order valence-electron chi connectivity index (χ0n) is 12.1. The molecule has 0 aromatic heterocycles. The van der Waals surface area contributed by atoms with Crippen molar-refractivity contribution in [2.75, 3.05) is 0 Å². The summed E-state index contributed by atoms with van der Waals surface area (Å²) in [6.45, 7) is 0. The number of ketones is 1. The standard InChI is InChI=1S/C18H13O4P/c19-12-9-10-15(20)18(11-12)23(21)17-8-4-2-6-14(17)13-5-1-3-7-16(13)22-23/h1-8,10-11,20H,9H2. The monoisotopic (exact) mass is 324 g/mol. The van der Waals surface area contributed by atoms with E-state index in [1.807, 2.05) is 24.3 Å². The van der Waals surface area contributed by atoms with Gasteiger partial charge in [0, 0.05) is 12.0 Å². The molecule has 0 spiro atoms. The summed E-state index contributed by atoms with van der Waals surface area (Å²) in [4.78, 5) is 11.8. The van der Waals surface area contributed by atoms with Gasteiger partial charge in [-0.25, -0.2) is 0 Å². The number of para-hydroxylation sites is 1. The van der Waals surface area contributed by atoms with Crippen LogP contribution in [0.3, 0.4) is 0 Å². The lowest BCUT2D eigenvalue weighted by Crippen LogP contribution is -2.21. The smallest absolute Gasteiger partial charge is 0.311 e. The Morgan fingerprint density at radius 3 is 2.52 bits per heavy atom.